The zero-order valence-electron chi connectivity index (χ0n) is 6.96. The molecule has 1 heterocycles. The van der Waals surface area contributed by atoms with Crippen LogP contribution in [0.1, 0.15) is 6.92 Å². The number of nitrogens with zero attached hydrogens (tertiary/aromatic N) is 1. The maximum Gasteiger partial charge on any atom is 0.0881 e. The molecule has 62 valence electrons. The van der Waals surface area contributed by atoms with Crippen molar-refractivity contribution in [3.8, 4) is 0 Å². The van der Waals surface area contributed by atoms with Gasteiger partial charge < -0.3 is 5.32 Å². The van der Waals surface area contributed by atoms with E-state index in [0.29, 0.717) is 0 Å². The van der Waals surface area contributed by atoms with Gasteiger partial charge in [0.25, 0.3) is 0 Å². The highest BCUT2D eigenvalue weighted by molar-refractivity contribution is 5.89. The molecule has 1 aromatic heterocycles. The van der Waals surface area contributed by atoms with Gasteiger partial charge in [-0.15, -0.1) is 0 Å². The molecule has 0 spiro atoms. The van der Waals surface area contributed by atoms with Crippen LogP contribution in [0.25, 0.3) is 10.9 Å². The summed E-state index contributed by atoms with van der Waals surface area (Å²) in [6, 6.07) is 6.11. The van der Waals surface area contributed by atoms with Gasteiger partial charge in [0.15, 0.2) is 0 Å². The van der Waals surface area contributed by atoms with Crippen LogP contribution in [0.4, 0.5) is 5.69 Å². The molecular weight excluding hydrogens is 150 g/mol. The van der Waals surface area contributed by atoms with Gasteiger partial charge in [-0.3, -0.25) is 5.10 Å². The maximum atomic E-state index is 3.98. The molecule has 12 heavy (non-hydrogen) atoms. The van der Waals surface area contributed by atoms with Crippen molar-refractivity contribution in [3.05, 3.63) is 24.4 Å². The fourth-order valence-corrected chi connectivity index (χ4v) is 1.31. The summed E-state index contributed by atoms with van der Waals surface area (Å²) in [4.78, 5) is 0. The molecule has 0 aliphatic rings. The Morgan fingerprint density at radius 3 is 3.25 bits per heavy atom. The predicted molar refractivity (Wildman–Crippen MR) is 50.3 cm³/mol. The molecule has 3 heteroatoms. The average Bonchev–Trinajstić information content (AvgIpc) is 2.53. The molecule has 0 aliphatic carbocycles. The maximum absolute atomic E-state index is 3.98. The predicted octanol–water partition coefficient (Wildman–Crippen LogP) is 1.99. The van der Waals surface area contributed by atoms with Crippen molar-refractivity contribution < 1.29 is 0 Å². The third-order valence-corrected chi connectivity index (χ3v) is 1.84. The minimum atomic E-state index is 0.929. The lowest BCUT2D eigenvalue weighted by atomic mass is 10.2. The van der Waals surface area contributed by atoms with Crippen LogP contribution in [0, 0.1) is 0 Å². The summed E-state index contributed by atoms with van der Waals surface area (Å²) in [7, 11) is 0. The van der Waals surface area contributed by atoms with E-state index in [1.54, 1.807) is 0 Å². The number of para-hydroxylation sites is 1. The standard InChI is InChI=1S/C9H11N3/c1-2-10-8-5-3-4-7-6-11-12-9(7)8/h3-6,10H,2H2,1H3,(H,11,12). The van der Waals surface area contributed by atoms with E-state index in [4.69, 9.17) is 0 Å². The highest BCUT2D eigenvalue weighted by Gasteiger charge is 1.99. The number of benzene rings is 1. The Morgan fingerprint density at radius 2 is 2.42 bits per heavy atom. The first-order chi connectivity index (χ1) is 5.92. The first kappa shape index (κ1) is 7.16. The van der Waals surface area contributed by atoms with Crippen LogP contribution in [-0.2, 0) is 0 Å². The molecule has 0 aliphatic heterocycles. The lowest BCUT2D eigenvalue weighted by molar-refractivity contribution is 1.11. The molecule has 2 aromatic rings. The van der Waals surface area contributed by atoms with E-state index >= 15 is 0 Å². The van der Waals surface area contributed by atoms with E-state index < -0.39 is 0 Å². The number of hydrogen-bond donors (Lipinski definition) is 2. The number of aromatic amines is 1. The summed E-state index contributed by atoms with van der Waals surface area (Å²) >= 11 is 0. The molecular formula is C9H11N3. The van der Waals surface area contributed by atoms with Crippen molar-refractivity contribution in [2.24, 2.45) is 0 Å². The summed E-state index contributed by atoms with van der Waals surface area (Å²) in [5, 5.41) is 11.4. The van der Waals surface area contributed by atoms with Crippen LogP contribution in [0.2, 0.25) is 0 Å². The van der Waals surface area contributed by atoms with Crippen LogP contribution in [0.15, 0.2) is 24.4 Å². The normalized spacial score (nSPS) is 10.4. The van der Waals surface area contributed by atoms with E-state index in [2.05, 4.69) is 22.4 Å². The minimum Gasteiger partial charge on any atom is -0.384 e. The Balaban J connectivity index is 2.57. The Bertz CT molecular complexity index is 378. The van der Waals surface area contributed by atoms with Crippen molar-refractivity contribution in [2.45, 2.75) is 6.92 Å². The summed E-state index contributed by atoms with van der Waals surface area (Å²) in [6.45, 7) is 3.01. The molecule has 2 rings (SSSR count). The van der Waals surface area contributed by atoms with Crippen molar-refractivity contribution in [2.75, 3.05) is 11.9 Å². The second-order valence-electron chi connectivity index (χ2n) is 2.67. The lowest BCUT2D eigenvalue weighted by Crippen LogP contribution is -1.96. The zero-order valence-corrected chi connectivity index (χ0v) is 6.96. The molecule has 0 fully saturated rings. The largest absolute Gasteiger partial charge is 0.384 e. The second-order valence-corrected chi connectivity index (χ2v) is 2.67. The Kier molecular flexibility index (Phi) is 1.70. The topological polar surface area (TPSA) is 40.7 Å². The van der Waals surface area contributed by atoms with Crippen LogP contribution >= 0.6 is 0 Å². The third kappa shape index (κ3) is 1.03. The van der Waals surface area contributed by atoms with Crippen LogP contribution < -0.4 is 5.32 Å². The molecule has 0 saturated heterocycles. The highest BCUT2D eigenvalue weighted by Crippen LogP contribution is 2.19. The summed E-state index contributed by atoms with van der Waals surface area (Å²) in [5.41, 5.74) is 2.20. The van der Waals surface area contributed by atoms with Crippen molar-refractivity contribution in [1.29, 1.82) is 0 Å². The monoisotopic (exact) mass is 161 g/mol. The summed E-state index contributed by atoms with van der Waals surface area (Å²) in [6.07, 6.45) is 1.83. The van der Waals surface area contributed by atoms with E-state index in [9.17, 15) is 0 Å². The molecule has 0 radical (unpaired) electrons. The minimum absolute atomic E-state index is 0.929. The van der Waals surface area contributed by atoms with Crippen LogP contribution in [0.3, 0.4) is 0 Å². The molecule has 0 saturated carbocycles. The zero-order chi connectivity index (χ0) is 8.39. The van der Waals surface area contributed by atoms with E-state index in [1.807, 2.05) is 24.4 Å². The molecule has 3 nitrogen and oxygen atoms in total. The first-order valence-corrected chi connectivity index (χ1v) is 4.08. The summed E-state index contributed by atoms with van der Waals surface area (Å²) in [5.74, 6) is 0. The van der Waals surface area contributed by atoms with Crippen molar-refractivity contribution >= 4 is 16.6 Å². The van der Waals surface area contributed by atoms with Gasteiger partial charge >= 0.3 is 0 Å². The average molecular weight is 161 g/mol. The first-order valence-electron chi connectivity index (χ1n) is 4.08. The molecule has 2 N–H and O–H groups in total. The third-order valence-electron chi connectivity index (χ3n) is 1.84. The van der Waals surface area contributed by atoms with Gasteiger partial charge in [-0.05, 0) is 13.0 Å². The van der Waals surface area contributed by atoms with Crippen LogP contribution in [0.5, 0.6) is 0 Å². The summed E-state index contributed by atoms with van der Waals surface area (Å²) < 4.78 is 0. The molecule has 0 unspecified atom stereocenters. The Hall–Kier alpha value is -1.51. The van der Waals surface area contributed by atoms with Crippen molar-refractivity contribution in [3.63, 3.8) is 0 Å². The number of H-pyrrole nitrogens is 1. The number of anilines is 1. The van der Waals surface area contributed by atoms with E-state index in [-0.39, 0.29) is 0 Å². The van der Waals surface area contributed by atoms with Gasteiger partial charge in [0.1, 0.15) is 0 Å². The molecule has 0 bridgehead atoms. The number of nitrogens with one attached hydrogen (secondary N) is 2. The van der Waals surface area contributed by atoms with Gasteiger partial charge in [0, 0.05) is 11.9 Å². The van der Waals surface area contributed by atoms with Gasteiger partial charge in [0.05, 0.1) is 17.4 Å². The fourth-order valence-electron chi connectivity index (χ4n) is 1.31. The quantitative estimate of drug-likeness (QED) is 0.707. The van der Waals surface area contributed by atoms with Gasteiger partial charge in [-0.2, -0.15) is 5.10 Å². The Morgan fingerprint density at radius 1 is 1.50 bits per heavy atom. The molecule has 1 aromatic carbocycles. The number of rotatable bonds is 2. The fraction of sp³-hybridized carbons (Fsp3) is 0.222. The molecule has 0 amide bonds. The van der Waals surface area contributed by atoms with E-state index in [0.717, 1.165) is 23.1 Å². The lowest BCUT2D eigenvalue weighted by Gasteiger charge is -2.02. The van der Waals surface area contributed by atoms with Crippen molar-refractivity contribution in [1.82, 2.24) is 10.2 Å². The Labute approximate surface area is 70.8 Å². The number of hydrogen-bond acceptors (Lipinski definition) is 2. The molecule has 0 atom stereocenters. The van der Waals surface area contributed by atoms with Gasteiger partial charge in [-0.25, -0.2) is 0 Å². The smallest absolute Gasteiger partial charge is 0.0881 e. The SMILES string of the molecule is CCNc1cccc2cn[nH]c12. The number of aromatic nitrogens is 2. The van der Waals surface area contributed by atoms with E-state index in [1.165, 1.54) is 0 Å². The highest BCUT2D eigenvalue weighted by atomic mass is 15.1. The van der Waals surface area contributed by atoms with Gasteiger partial charge in [0.2, 0.25) is 0 Å². The van der Waals surface area contributed by atoms with Gasteiger partial charge in [-0.1, -0.05) is 12.1 Å². The number of fused-ring (bicyclic) bond motifs is 1. The second kappa shape index (κ2) is 2.85. The van der Waals surface area contributed by atoms with Crippen LogP contribution in [-0.4, -0.2) is 16.7 Å².